The van der Waals surface area contributed by atoms with Gasteiger partial charge in [0.15, 0.2) is 0 Å². The number of benzene rings is 2. The van der Waals surface area contributed by atoms with Gasteiger partial charge in [-0.2, -0.15) is 5.10 Å². The van der Waals surface area contributed by atoms with Crippen LogP contribution in [0.2, 0.25) is 5.02 Å². The van der Waals surface area contributed by atoms with E-state index < -0.39 is 11.7 Å². The number of halogens is 3. The molecule has 1 amide bonds. The van der Waals surface area contributed by atoms with Crippen molar-refractivity contribution in [3.63, 3.8) is 0 Å². The minimum absolute atomic E-state index is 0.0143. The lowest BCUT2D eigenvalue weighted by atomic mass is 10.1. The second-order valence-corrected chi connectivity index (χ2v) is 7.87. The molecule has 1 fully saturated rings. The van der Waals surface area contributed by atoms with Crippen LogP contribution in [0, 0.1) is 11.6 Å². The molecule has 0 unspecified atom stereocenters. The van der Waals surface area contributed by atoms with Crippen molar-refractivity contribution in [1.29, 1.82) is 0 Å². The van der Waals surface area contributed by atoms with Crippen LogP contribution in [0.1, 0.15) is 28.9 Å². The van der Waals surface area contributed by atoms with Crippen molar-refractivity contribution in [3.8, 4) is 11.3 Å². The summed E-state index contributed by atoms with van der Waals surface area (Å²) in [6.45, 7) is 1.22. The standard InChI is InChI=1S/C23H21ClF2N4O2/c24-19-6-3-15(11-20(19)26)23(31)28-22(27-17-7-9-32-10-8-17)13-18-12-21(30-29-18)14-1-4-16(25)5-2-14/h1-6,11-12,17H,7-10,13H2,(H,29,30)(H,27,28,31). The van der Waals surface area contributed by atoms with Gasteiger partial charge in [0, 0.05) is 36.5 Å². The third-order valence-electron chi connectivity index (χ3n) is 5.10. The Morgan fingerprint density at radius 1 is 1.16 bits per heavy atom. The molecule has 0 radical (unpaired) electrons. The molecule has 32 heavy (non-hydrogen) atoms. The molecule has 2 N–H and O–H groups in total. The molecule has 0 atom stereocenters. The molecule has 1 aliphatic heterocycles. The molecular formula is C23H21ClF2N4O2. The van der Waals surface area contributed by atoms with Crippen molar-refractivity contribution in [3.05, 3.63) is 76.4 Å². The minimum atomic E-state index is -0.667. The van der Waals surface area contributed by atoms with E-state index in [1.54, 1.807) is 12.1 Å². The van der Waals surface area contributed by atoms with Crippen LogP contribution in [0.3, 0.4) is 0 Å². The highest BCUT2D eigenvalue weighted by molar-refractivity contribution is 6.30. The molecule has 0 bridgehead atoms. The second-order valence-electron chi connectivity index (χ2n) is 7.46. The molecule has 4 rings (SSSR count). The first-order chi connectivity index (χ1) is 15.5. The summed E-state index contributed by atoms with van der Waals surface area (Å²) < 4.78 is 32.4. The Labute approximate surface area is 188 Å². The van der Waals surface area contributed by atoms with E-state index >= 15 is 0 Å². The number of aliphatic imine (C=N–C) groups is 1. The van der Waals surface area contributed by atoms with Gasteiger partial charge in [0.1, 0.15) is 17.5 Å². The van der Waals surface area contributed by atoms with Crippen LogP contribution in [0.25, 0.3) is 11.3 Å². The SMILES string of the molecule is O=C(NC(Cc1cc(-c2ccc(F)cc2)n[nH]1)=NC1CCOCC1)c1ccc(Cl)c(F)c1. The topological polar surface area (TPSA) is 79.4 Å². The number of ether oxygens (including phenoxy) is 1. The third kappa shape index (κ3) is 5.57. The summed E-state index contributed by atoms with van der Waals surface area (Å²) in [6, 6.07) is 11.7. The fourth-order valence-corrected chi connectivity index (χ4v) is 3.52. The summed E-state index contributed by atoms with van der Waals surface area (Å²) in [4.78, 5) is 17.4. The molecule has 1 saturated heterocycles. The van der Waals surface area contributed by atoms with E-state index in [0.29, 0.717) is 24.7 Å². The number of amidine groups is 1. The maximum Gasteiger partial charge on any atom is 0.256 e. The highest BCUT2D eigenvalue weighted by Crippen LogP contribution is 2.19. The number of aromatic amines is 1. The summed E-state index contributed by atoms with van der Waals surface area (Å²) in [6.07, 6.45) is 1.78. The first-order valence-electron chi connectivity index (χ1n) is 10.2. The minimum Gasteiger partial charge on any atom is -0.381 e. The zero-order valence-corrected chi connectivity index (χ0v) is 17.8. The number of carbonyl (C=O) groups is 1. The first-order valence-corrected chi connectivity index (χ1v) is 10.6. The lowest BCUT2D eigenvalue weighted by Crippen LogP contribution is -2.34. The summed E-state index contributed by atoms with van der Waals surface area (Å²) in [7, 11) is 0. The zero-order chi connectivity index (χ0) is 22.5. The molecule has 0 spiro atoms. The predicted molar refractivity (Wildman–Crippen MR) is 118 cm³/mol. The molecule has 6 nitrogen and oxygen atoms in total. The number of amides is 1. The van der Waals surface area contributed by atoms with Gasteiger partial charge in [-0.1, -0.05) is 11.6 Å². The highest BCUT2D eigenvalue weighted by atomic mass is 35.5. The average molecular weight is 459 g/mol. The largest absolute Gasteiger partial charge is 0.381 e. The van der Waals surface area contributed by atoms with Crippen molar-refractivity contribution < 1.29 is 18.3 Å². The summed E-state index contributed by atoms with van der Waals surface area (Å²) in [5, 5.41) is 9.96. The zero-order valence-electron chi connectivity index (χ0n) is 17.1. The quantitative estimate of drug-likeness (QED) is 0.434. The lowest BCUT2D eigenvalue weighted by molar-refractivity contribution is 0.0869. The van der Waals surface area contributed by atoms with Crippen molar-refractivity contribution in [2.24, 2.45) is 4.99 Å². The van der Waals surface area contributed by atoms with Crippen LogP contribution < -0.4 is 5.32 Å². The third-order valence-corrected chi connectivity index (χ3v) is 5.40. The summed E-state index contributed by atoms with van der Waals surface area (Å²) in [5.74, 6) is -1.03. The van der Waals surface area contributed by atoms with Crippen LogP contribution in [0.4, 0.5) is 8.78 Å². The lowest BCUT2D eigenvalue weighted by Gasteiger charge is -2.20. The van der Waals surface area contributed by atoms with Gasteiger partial charge < -0.3 is 10.1 Å². The molecule has 3 aromatic rings. The van der Waals surface area contributed by atoms with E-state index in [-0.39, 0.29) is 28.9 Å². The van der Waals surface area contributed by atoms with Crippen molar-refractivity contribution in [1.82, 2.24) is 15.5 Å². The molecule has 1 aromatic heterocycles. The van der Waals surface area contributed by atoms with Crippen LogP contribution in [-0.4, -0.2) is 41.2 Å². The molecule has 2 aromatic carbocycles. The van der Waals surface area contributed by atoms with Gasteiger partial charge in [-0.25, -0.2) is 8.78 Å². The first kappa shape index (κ1) is 22.1. The van der Waals surface area contributed by atoms with E-state index in [4.69, 9.17) is 21.3 Å². The summed E-state index contributed by atoms with van der Waals surface area (Å²) in [5.41, 5.74) is 2.27. The van der Waals surface area contributed by atoms with Crippen molar-refractivity contribution >= 4 is 23.3 Å². The van der Waals surface area contributed by atoms with Gasteiger partial charge in [0.2, 0.25) is 0 Å². The Morgan fingerprint density at radius 3 is 2.62 bits per heavy atom. The number of nitrogens with one attached hydrogen (secondary N) is 2. The normalized spacial score (nSPS) is 15.0. The Morgan fingerprint density at radius 2 is 1.91 bits per heavy atom. The predicted octanol–water partition coefficient (Wildman–Crippen LogP) is 4.56. The number of hydrogen-bond acceptors (Lipinski definition) is 4. The maximum atomic E-state index is 13.8. The van der Waals surface area contributed by atoms with Gasteiger partial charge in [-0.15, -0.1) is 0 Å². The maximum absolute atomic E-state index is 13.8. The molecule has 0 aliphatic carbocycles. The molecule has 9 heteroatoms. The second kappa shape index (κ2) is 10.0. The smallest absolute Gasteiger partial charge is 0.256 e. The fraction of sp³-hybridized carbons (Fsp3) is 0.261. The van der Waals surface area contributed by atoms with Crippen molar-refractivity contribution in [2.45, 2.75) is 25.3 Å². The molecule has 2 heterocycles. The van der Waals surface area contributed by atoms with Crippen molar-refractivity contribution in [2.75, 3.05) is 13.2 Å². The number of nitrogens with zero attached hydrogens (tertiary/aromatic N) is 2. The van der Waals surface area contributed by atoms with Crippen LogP contribution in [0.15, 0.2) is 53.5 Å². The number of H-pyrrole nitrogens is 1. The monoisotopic (exact) mass is 458 g/mol. The molecule has 166 valence electrons. The number of hydrogen-bond donors (Lipinski definition) is 2. The Bertz CT molecular complexity index is 1130. The molecular weight excluding hydrogens is 438 g/mol. The van der Waals surface area contributed by atoms with E-state index in [1.165, 1.54) is 24.3 Å². The Hall–Kier alpha value is -3.10. The van der Waals surface area contributed by atoms with E-state index in [1.807, 2.05) is 6.07 Å². The van der Waals surface area contributed by atoms with E-state index in [2.05, 4.69) is 15.5 Å². The molecule has 1 aliphatic rings. The van der Waals surface area contributed by atoms with Gasteiger partial charge in [-0.05, 0) is 61.4 Å². The molecule has 0 saturated carbocycles. The van der Waals surface area contributed by atoms with E-state index in [0.717, 1.165) is 30.2 Å². The van der Waals surface area contributed by atoms with E-state index in [9.17, 15) is 13.6 Å². The Balaban J connectivity index is 1.54. The fourth-order valence-electron chi connectivity index (χ4n) is 3.40. The van der Waals surface area contributed by atoms with Gasteiger partial charge in [-0.3, -0.25) is 14.9 Å². The Kier molecular flexibility index (Phi) is 6.92. The van der Waals surface area contributed by atoms with Gasteiger partial charge in [0.05, 0.1) is 16.8 Å². The number of carbonyl (C=O) groups excluding carboxylic acids is 1. The highest BCUT2D eigenvalue weighted by Gasteiger charge is 2.17. The van der Waals surface area contributed by atoms with Crippen LogP contribution in [0.5, 0.6) is 0 Å². The summed E-state index contributed by atoms with van der Waals surface area (Å²) >= 11 is 5.71. The number of aromatic nitrogens is 2. The van der Waals surface area contributed by atoms with Crippen LogP contribution in [-0.2, 0) is 11.2 Å². The number of rotatable bonds is 5. The van der Waals surface area contributed by atoms with Gasteiger partial charge >= 0.3 is 0 Å². The van der Waals surface area contributed by atoms with Gasteiger partial charge in [0.25, 0.3) is 5.91 Å². The van der Waals surface area contributed by atoms with Crippen LogP contribution >= 0.6 is 11.6 Å². The average Bonchev–Trinajstić information content (AvgIpc) is 3.25.